The molecular formula is C17H17N3O. The van der Waals surface area contributed by atoms with Crippen molar-refractivity contribution in [1.29, 1.82) is 0 Å². The summed E-state index contributed by atoms with van der Waals surface area (Å²) < 4.78 is 0. The summed E-state index contributed by atoms with van der Waals surface area (Å²) in [5, 5.41) is 4.03. The van der Waals surface area contributed by atoms with Gasteiger partial charge in [0.2, 0.25) is 5.91 Å². The van der Waals surface area contributed by atoms with Gasteiger partial charge in [-0.15, -0.1) is 0 Å². The predicted molar refractivity (Wildman–Crippen MR) is 82.8 cm³/mol. The number of pyridine rings is 1. The highest BCUT2D eigenvalue weighted by Gasteiger charge is 2.05. The Labute approximate surface area is 123 Å². The van der Waals surface area contributed by atoms with Crippen LogP contribution in [0.4, 0.5) is 0 Å². The van der Waals surface area contributed by atoms with Crippen molar-refractivity contribution in [3.63, 3.8) is 0 Å². The van der Waals surface area contributed by atoms with E-state index >= 15 is 0 Å². The number of carbonyl (C=O) groups is 1. The number of benzene rings is 1. The number of nitrogens with zero attached hydrogens (tertiary/aromatic N) is 1. The molecule has 2 N–H and O–H groups in total. The molecule has 0 radical (unpaired) electrons. The molecular weight excluding hydrogens is 262 g/mol. The first-order chi connectivity index (χ1) is 10.2. The van der Waals surface area contributed by atoms with E-state index in [1.807, 2.05) is 37.3 Å². The maximum absolute atomic E-state index is 12.0. The van der Waals surface area contributed by atoms with Crippen LogP contribution < -0.4 is 5.32 Å². The monoisotopic (exact) mass is 279 g/mol. The molecule has 0 saturated carbocycles. The van der Waals surface area contributed by atoms with Gasteiger partial charge in [-0.2, -0.15) is 0 Å². The Balaban J connectivity index is 1.63. The normalized spacial score (nSPS) is 10.7. The SMILES string of the molecule is Cc1cc2cc(CC(=O)NCc3ccccn3)ccc2[nH]1. The molecule has 1 aromatic carbocycles. The molecule has 2 aromatic heterocycles. The van der Waals surface area contributed by atoms with Crippen LogP contribution in [0.25, 0.3) is 10.9 Å². The molecule has 4 nitrogen and oxygen atoms in total. The summed E-state index contributed by atoms with van der Waals surface area (Å²) in [6.07, 6.45) is 2.11. The first-order valence-electron chi connectivity index (χ1n) is 6.95. The summed E-state index contributed by atoms with van der Waals surface area (Å²) in [5.74, 6) is 0.00672. The van der Waals surface area contributed by atoms with Gasteiger partial charge in [-0.05, 0) is 48.2 Å². The molecule has 0 unspecified atom stereocenters. The van der Waals surface area contributed by atoms with Crippen molar-refractivity contribution in [2.75, 3.05) is 0 Å². The van der Waals surface area contributed by atoms with Crippen molar-refractivity contribution in [2.24, 2.45) is 0 Å². The average Bonchev–Trinajstić information content (AvgIpc) is 2.85. The van der Waals surface area contributed by atoms with Gasteiger partial charge in [0.05, 0.1) is 18.7 Å². The zero-order valence-electron chi connectivity index (χ0n) is 11.9. The van der Waals surface area contributed by atoms with E-state index in [0.29, 0.717) is 13.0 Å². The largest absolute Gasteiger partial charge is 0.359 e. The minimum Gasteiger partial charge on any atom is -0.359 e. The average molecular weight is 279 g/mol. The molecule has 0 spiro atoms. The summed E-state index contributed by atoms with van der Waals surface area (Å²) in [5.41, 5.74) is 4.11. The summed E-state index contributed by atoms with van der Waals surface area (Å²) in [6.45, 7) is 2.49. The van der Waals surface area contributed by atoms with Crippen molar-refractivity contribution in [1.82, 2.24) is 15.3 Å². The van der Waals surface area contributed by atoms with Gasteiger partial charge in [0.1, 0.15) is 0 Å². The van der Waals surface area contributed by atoms with E-state index in [4.69, 9.17) is 0 Å². The van der Waals surface area contributed by atoms with E-state index in [1.165, 1.54) is 0 Å². The van der Waals surface area contributed by atoms with Crippen LogP contribution >= 0.6 is 0 Å². The lowest BCUT2D eigenvalue weighted by Crippen LogP contribution is -2.24. The first-order valence-corrected chi connectivity index (χ1v) is 6.95. The highest BCUT2D eigenvalue weighted by Crippen LogP contribution is 2.17. The number of aryl methyl sites for hydroxylation is 1. The van der Waals surface area contributed by atoms with Crippen LogP contribution in [0.5, 0.6) is 0 Å². The summed E-state index contributed by atoms with van der Waals surface area (Å²) >= 11 is 0. The molecule has 0 saturated heterocycles. The molecule has 21 heavy (non-hydrogen) atoms. The van der Waals surface area contributed by atoms with Crippen molar-refractivity contribution >= 4 is 16.8 Å². The van der Waals surface area contributed by atoms with Crippen LogP contribution in [0.15, 0.2) is 48.7 Å². The van der Waals surface area contributed by atoms with Crippen molar-refractivity contribution in [3.05, 3.63) is 65.6 Å². The number of hydrogen-bond donors (Lipinski definition) is 2. The summed E-state index contributed by atoms with van der Waals surface area (Å²) in [7, 11) is 0. The topological polar surface area (TPSA) is 57.8 Å². The predicted octanol–water partition coefficient (Wildman–Crippen LogP) is 2.73. The van der Waals surface area contributed by atoms with Gasteiger partial charge >= 0.3 is 0 Å². The van der Waals surface area contributed by atoms with Crippen molar-refractivity contribution in [2.45, 2.75) is 19.9 Å². The van der Waals surface area contributed by atoms with Gasteiger partial charge in [0.15, 0.2) is 0 Å². The number of hydrogen-bond acceptors (Lipinski definition) is 2. The van der Waals surface area contributed by atoms with Crippen LogP contribution in [-0.4, -0.2) is 15.9 Å². The van der Waals surface area contributed by atoms with E-state index in [1.54, 1.807) is 6.20 Å². The maximum Gasteiger partial charge on any atom is 0.224 e. The molecule has 0 bridgehead atoms. The van der Waals surface area contributed by atoms with Crippen molar-refractivity contribution < 1.29 is 4.79 Å². The molecule has 1 amide bonds. The lowest BCUT2D eigenvalue weighted by molar-refractivity contribution is -0.120. The fraction of sp³-hybridized carbons (Fsp3) is 0.176. The van der Waals surface area contributed by atoms with Crippen LogP contribution in [-0.2, 0) is 17.8 Å². The highest BCUT2D eigenvalue weighted by atomic mass is 16.1. The van der Waals surface area contributed by atoms with Crippen LogP contribution in [0.3, 0.4) is 0 Å². The van der Waals surface area contributed by atoms with Gasteiger partial charge < -0.3 is 10.3 Å². The van der Waals surface area contributed by atoms with E-state index in [9.17, 15) is 4.79 Å². The first kappa shape index (κ1) is 13.4. The molecule has 4 heteroatoms. The summed E-state index contributed by atoms with van der Waals surface area (Å²) in [4.78, 5) is 19.4. The minimum atomic E-state index is 0.00672. The Morgan fingerprint density at radius 1 is 1.24 bits per heavy atom. The third-order valence-corrected chi connectivity index (χ3v) is 3.38. The Hall–Kier alpha value is -2.62. The Morgan fingerprint density at radius 3 is 2.95 bits per heavy atom. The van der Waals surface area contributed by atoms with Gasteiger partial charge in [-0.1, -0.05) is 12.1 Å². The van der Waals surface area contributed by atoms with Crippen LogP contribution in [0, 0.1) is 6.92 Å². The number of aromatic amines is 1. The Morgan fingerprint density at radius 2 is 2.14 bits per heavy atom. The standard InChI is InChI=1S/C17H17N3O/c1-12-8-14-9-13(5-6-16(14)20-12)10-17(21)19-11-15-4-2-3-7-18-15/h2-9,20H,10-11H2,1H3,(H,19,21). The summed E-state index contributed by atoms with van der Waals surface area (Å²) in [6, 6.07) is 13.8. The molecule has 0 aliphatic rings. The number of nitrogens with one attached hydrogen (secondary N) is 2. The number of rotatable bonds is 4. The fourth-order valence-corrected chi connectivity index (χ4v) is 2.38. The van der Waals surface area contributed by atoms with Crippen LogP contribution in [0.2, 0.25) is 0 Å². The minimum absolute atomic E-state index is 0.00672. The third-order valence-electron chi connectivity index (χ3n) is 3.38. The van der Waals surface area contributed by atoms with Gasteiger partial charge in [0.25, 0.3) is 0 Å². The zero-order chi connectivity index (χ0) is 14.7. The second kappa shape index (κ2) is 5.79. The van der Waals surface area contributed by atoms with E-state index < -0.39 is 0 Å². The molecule has 3 rings (SSSR count). The number of carbonyl (C=O) groups excluding carboxylic acids is 1. The maximum atomic E-state index is 12.0. The lowest BCUT2D eigenvalue weighted by atomic mass is 10.1. The van der Waals surface area contributed by atoms with Gasteiger partial charge in [-0.3, -0.25) is 9.78 Å². The smallest absolute Gasteiger partial charge is 0.224 e. The van der Waals surface area contributed by atoms with E-state index in [0.717, 1.165) is 27.9 Å². The second-order valence-corrected chi connectivity index (χ2v) is 5.15. The molecule has 0 aliphatic carbocycles. The third kappa shape index (κ3) is 3.28. The molecule has 2 heterocycles. The van der Waals surface area contributed by atoms with E-state index in [-0.39, 0.29) is 5.91 Å². The van der Waals surface area contributed by atoms with Crippen LogP contribution in [0.1, 0.15) is 17.0 Å². The van der Waals surface area contributed by atoms with E-state index in [2.05, 4.69) is 27.4 Å². The highest BCUT2D eigenvalue weighted by molar-refractivity contribution is 5.84. The lowest BCUT2D eigenvalue weighted by Gasteiger charge is -2.05. The number of H-pyrrole nitrogens is 1. The molecule has 106 valence electrons. The molecule has 0 fully saturated rings. The number of aromatic nitrogens is 2. The number of amides is 1. The molecule has 0 aliphatic heterocycles. The van der Waals surface area contributed by atoms with Gasteiger partial charge in [-0.25, -0.2) is 0 Å². The Kier molecular flexibility index (Phi) is 3.69. The second-order valence-electron chi connectivity index (χ2n) is 5.15. The molecule has 3 aromatic rings. The fourth-order valence-electron chi connectivity index (χ4n) is 2.38. The molecule has 0 atom stereocenters. The van der Waals surface area contributed by atoms with Crippen molar-refractivity contribution in [3.8, 4) is 0 Å². The zero-order valence-corrected chi connectivity index (χ0v) is 11.9. The quantitative estimate of drug-likeness (QED) is 0.771. The Bertz CT molecular complexity index is 762. The van der Waals surface area contributed by atoms with Gasteiger partial charge in [0, 0.05) is 17.4 Å². The number of fused-ring (bicyclic) bond motifs is 1.